The lowest BCUT2D eigenvalue weighted by molar-refractivity contribution is 0.0608. The molecule has 0 unspecified atom stereocenters. The van der Waals surface area contributed by atoms with E-state index < -0.39 is 0 Å². The van der Waals surface area contributed by atoms with Crippen LogP contribution in [0.1, 0.15) is 64.7 Å². The quantitative estimate of drug-likeness (QED) is 0.866. The highest BCUT2D eigenvalue weighted by atomic mass is 32.1. The van der Waals surface area contributed by atoms with Crippen LogP contribution < -0.4 is 0 Å². The number of hydrogen-bond donors (Lipinski definition) is 0. The van der Waals surface area contributed by atoms with Gasteiger partial charge in [-0.05, 0) is 39.5 Å². The molecule has 0 N–H and O–H groups in total. The molecular formula is C16H21N3O2S. The Bertz CT molecular complexity index is 677. The number of rotatable bonds is 3. The number of aromatic nitrogens is 2. The Morgan fingerprint density at radius 2 is 2.27 bits per heavy atom. The first-order valence-corrected chi connectivity index (χ1v) is 8.68. The van der Waals surface area contributed by atoms with Crippen LogP contribution in [0.25, 0.3) is 0 Å². The number of aryl methyl sites for hydroxylation is 3. The number of nitrogens with zero attached hydrogens (tertiary/aromatic N) is 3. The number of amides is 1. The highest BCUT2D eigenvalue weighted by Gasteiger charge is 2.33. The Kier molecular flexibility index (Phi) is 4.29. The molecule has 0 spiro atoms. The van der Waals surface area contributed by atoms with E-state index in [1.54, 1.807) is 11.3 Å². The molecular weight excluding hydrogens is 298 g/mol. The number of likely N-dealkylation sites (tertiary alicyclic amines) is 1. The standard InChI is InChI=1S/C16H21N3O2S/c1-4-12-14(11(3)21-18-12)16(20)19-8-6-5-7-13(19)15-17-10(2)9-22-15/h9,13H,4-8H2,1-3H3/t13-/m0/s1. The summed E-state index contributed by atoms with van der Waals surface area (Å²) in [5.74, 6) is 0.648. The molecule has 3 rings (SSSR count). The second-order valence-corrected chi connectivity index (χ2v) is 6.64. The second kappa shape index (κ2) is 6.20. The molecule has 22 heavy (non-hydrogen) atoms. The average molecular weight is 319 g/mol. The van der Waals surface area contributed by atoms with Gasteiger partial charge in [-0.1, -0.05) is 12.1 Å². The molecule has 0 aromatic carbocycles. The minimum atomic E-state index is 0.0353. The van der Waals surface area contributed by atoms with Gasteiger partial charge in [0.15, 0.2) is 0 Å². The Morgan fingerprint density at radius 1 is 1.45 bits per heavy atom. The lowest BCUT2D eigenvalue weighted by atomic mass is 10.0. The lowest BCUT2D eigenvalue weighted by Gasteiger charge is -2.34. The van der Waals surface area contributed by atoms with Gasteiger partial charge in [-0.25, -0.2) is 4.98 Å². The Hall–Kier alpha value is -1.69. The second-order valence-electron chi connectivity index (χ2n) is 5.75. The van der Waals surface area contributed by atoms with Gasteiger partial charge in [0.1, 0.15) is 16.3 Å². The first-order valence-electron chi connectivity index (χ1n) is 7.80. The van der Waals surface area contributed by atoms with Crippen molar-refractivity contribution in [1.29, 1.82) is 0 Å². The van der Waals surface area contributed by atoms with Crippen molar-refractivity contribution in [3.05, 3.63) is 33.1 Å². The zero-order valence-electron chi connectivity index (χ0n) is 13.3. The highest BCUT2D eigenvalue weighted by molar-refractivity contribution is 7.09. The average Bonchev–Trinajstić information content (AvgIpc) is 3.12. The van der Waals surface area contributed by atoms with Crippen molar-refractivity contribution in [2.24, 2.45) is 0 Å². The molecule has 1 fully saturated rings. The van der Waals surface area contributed by atoms with Crippen molar-refractivity contribution in [2.75, 3.05) is 6.54 Å². The fraction of sp³-hybridized carbons (Fsp3) is 0.562. The van der Waals surface area contributed by atoms with Gasteiger partial charge in [0.2, 0.25) is 0 Å². The van der Waals surface area contributed by atoms with Crippen molar-refractivity contribution in [3.63, 3.8) is 0 Å². The van der Waals surface area contributed by atoms with Gasteiger partial charge in [-0.3, -0.25) is 4.79 Å². The topological polar surface area (TPSA) is 59.2 Å². The van der Waals surface area contributed by atoms with Crippen LogP contribution in [0.5, 0.6) is 0 Å². The predicted octanol–water partition coefficient (Wildman–Crippen LogP) is 3.68. The van der Waals surface area contributed by atoms with E-state index in [1.807, 2.05) is 25.7 Å². The SMILES string of the molecule is CCc1noc(C)c1C(=O)N1CCCC[C@H]1c1nc(C)cs1. The summed E-state index contributed by atoms with van der Waals surface area (Å²) in [7, 11) is 0. The maximum Gasteiger partial charge on any atom is 0.259 e. The molecule has 2 aromatic heterocycles. The normalized spacial score (nSPS) is 18.7. The minimum absolute atomic E-state index is 0.0353. The number of carbonyl (C=O) groups is 1. The molecule has 0 radical (unpaired) electrons. The van der Waals surface area contributed by atoms with E-state index in [9.17, 15) is 4.79 Å². The van der Waals surface area contributed by atoms with Crippen LogP contribution in [0, 0.1) is 13.8 Å². The third-order valence-corrected chi connectivity index (χ3v) is 5.23. The Morgan fingerprint density at radius 3 is 2.95 bits per heavy atom. The molecule has 1 amide bonds. The smallest absolute Gasteiger partial charge is 0.259 e. The van der Waals surface area contributed by atoms with E-state index in [2.05, 4.69) is 15.5 Å². The summed E-state index contributed by atoms with van der Waals surface area (Å²) in [4.78, 5) is 19.6. The molecule has 0 saturated carbocycles. The molecule has 6 heteroatoms. The summed E-state index contributed by atoms with van der Waals surface area (Å²) in [5, 5.41) is 7.11. The maximum absolute atomic E-state index is 13.1. The van der Waals surface area contributed by atoms with E-state index in [4.69, 9.17) is 4.52 Å². The van der Waals surface area contributed by atoms with Gasteiger partial charge in [-0.15, -0.1) is 11.3 Å². The monoisotopic (exact) mass is 319 g/mol. The van der Waals surface area contributed by atoms with E-state index in [0.717, 1.165) is 42.2 Å². The molecule has 1 aliphatic rings. The molecule has 1 saturated heterocycles. The van der Waals surface area contributed by atoms with Crippen LogP contribution in [0.2, 0.25) is 0 Å². The highest BCUT2D eigenvalue weighted by Crippen LogP contribution is 2.34. The number of hydrogen-bond acceptors (Lipinski definition) is 5. The number of piperidine rings is 1. The molecule has 5 nitrogen and oxygen atoms in total. The maximum atomic E-state index is 13.1. The summed E-state index contributed by atoms with van der Waals surface area (Å²) in [5.41, 5.74) is 2.41. The van der Waals surface area contributed by atoms with Crippen molar-refractivity contribution in [3.8, 4) is 0 Å². The predicted molar refractivity (Wildman–Crippen MR) is 85.1 cm³/mol. The molecule has 1 aliphatic heterocycles. The van der Waals surface area contributed by atoms with Gasteiger partial charge in [0.05, 0.1) is 11.7 Å². The fourth-order valence-corrected chi connectivity index (χ4v) is 3.98. The zero-order chi connectivity index (χ0) is 15.7. The van der Waals surface area contributed by atoms with Crippen molar-refractivity contribution < 1.29 is 9.32 Å². The Labute approximate surface area is 134 Å². The van der Waals surface area contributed by atoms with Gasteiger partial charge < -0.3 is 9.42 Å². The first-order chi connectivity index (χ1) is 10.6. The first kappa shape index (κ1) is 15.2. The van der Waals surface area contributed by atoms with Gasteiger partial charge in [0.25, 0.3) is 5.91 Å². The van der Waals surface area contributed by atoms with E-state index >= 15 is 0 Å². The van der Waals surface area contributed by atoms with Crippen LogP contribution in [-0.4, -0.2) is 27.5 Å². The van der Waals surface area contributed by atoms with Gasteiger partial charge >= 0.3 is 0 Å². The number of thiazole rings is 1. The molecule has 1 atom stereocenters. The summed E-state index contributed by atoms with van der Waals surface area (Å²) < 4.78 is 5.23. The third-order valence-electron chi connectivity index (χ3n) is 4.17. The third kappa shape index (κ3) is 2.67. The summed E-state index contributed by atoms with van der Waals surface area (Å²) >= 11 is 1.64. The van der Waals surface area contributed by atoms with Crippen LogP contribution in [-0.2, 0) is 6.42 Å². The fourth-order valence-electron chi connectivity index (χ4n) is 3.03. The molecule has 118 valence electrons. The summed E-state index contributed by atoms with van der Waals surface area (Å²) in [6, 6.07) is 0.0824. The van der Waals surface area contributed by atoms with E-state index in [0.29, 0.717) is 17.7 Å². The van der Waals surface area contributed by atoms with Crippen molar-refractivity contribution in [2.45, 2.75) is 52.5 Å². The van der Waals surface area contributed by atoms with Crippen molar-refractivity contribution in [1.82, 2.24) is 15.0 Å². The Balaban J connectivity index is 1.93. The van der Waals surface area contributed by atoms with Crippen molar-refractivity contribution >= 4 is 17.2 Å². The van der Waals surface area contributed by atoms with Crippen LogP contribution in [0.3, 0.4) is 0 Å². The van der Waals surface area contributed by atoms with Gasteiger partial charge in [-0.2, -0.15) is 0 Å². The molecule has 0 bridgehead atoms. The van der Waals surface area contributed by atoms with Gasteiger partial charge in [0, 0.05) is 17.6 Å². The number of carbonyl (C=O) groups excluding carboxylic acids is 1. The molecule has 2 aromatic rings. The molecule has 0 aliphatic carbocycles. The lowest BCUT2D eigenvalue weighted by Crippen LogP contribution is -2.39. The minimum Gasteiger partial charge on any atom is -0.361 e. The van der Waals surface area contributed by atoms with E-state index in [1.165, 1.54) is 0 Å². The largest absolute Gasteiger partial charge is 0.361 e. The molecule has 3 heterocycles. The van der Waals surface area contributed by atoms with E-state index in [-0.39, 0.29) is 11.9 Å². The zero-order valence-corrected chi connectivity index (χ0v) is 14.1. The van der Waals surface area contributed by atoms with Crippen LogP contribution in [0.15, 0.2) is 9.90 Å². The van der Waals surface area contributed by atoms with Crippen LogP contribution >= 0.6 is 11.3 Å². The van der Waals surface area contributed by atoms with Crippen LogP contribution in [0.4, 0.5) is 0 Å². The summed E-state index contributed by atoms with van der Waals surface area (Å²) in [6.07, 6.45) is 3.85. The summed E-state index contributed by atoms with van der Waals surface area (Å²) in [6.45, 7) is 6.57.